The minimum atomic E-state index is -1.35. The van der Waals surface area contributed by atoms with Crippen LogP contribution in [-0.2, 0) is 71.3 Å². The molecule has 0 aromatic heterocycles. The smallest absolute Gasteiger partial charge is 0.253 e. The van der Waals surface area contributed by atoms with E-state index in [4.69, 9.17) is 47.4 Å². The molecule has 0 radical (unpaired) electrons. The molecule has 0 aromatic carbocycles. The number of fused-ring (bicyclic) bond motifs is 2. The lowest BCUT2D eigenvalue weighted by Crippen LogP contribution is -2.68. The molecule has 6 aliphatic heterocycles. The largest absolute Gasteiger partial charge is 0.388 e. The van der Waals surface area contributed by atoms with Crippen molar-refractivity contribution >= 4 is 29.5 Å². The van der Waals surface area contributed by atoms with Crippen molar-refractivity contribution in [2.24, 2.45) is 0 Å². The number of aliphatic hydroxyl groups excluding tert-OH is 5. The molecule has 5 fully saturated rings. The Kier molecular flexibility index (Phi) is 23.4. The molecule has 10 unspecified atom stereocenters. The Bertz CT molecular complexity index is 1670. The lowest BCUT2D eigenvalue weighted by atomic mass is 9.96. The number of carbonyl (C=O) groups is 5. The summed E-state index contributed by atoms with van der Waals surface area (Å²) in [4.78, 5) is 62.9. The van der Waals surface area contributed by atoms with Gasteiger partial charge in [0.05, 0.1) is 72.7 Å². The third kappa shape index (κ3) is 17.3. The standard InChI is InChI=1S/C42H70N8O20/c51-29(45-17-27-37(57)39(59)35-41(69-27)67-23-31(53)47-35)21-65-15-13-63-11-9-61-7-3-43-25-19-49(5-6-50-33(55)1-2-34(50)56)20-26(25)44-4-8-62-10-12-64-14-16-66-22-30(52)46-18-28-38(58)40(60)36-42(70-28)68-24-32(54)48-36/h1-2,25-29,35-45,51,57-60H,3-24H2,(H,46,52)(H,47,53)(H,48,54)/t25?,26?,27?,28?,29?,35-,36?,37?,38?,39?,40?,41+,42+/m1/s1. The lowest BCUT2D eigenvalue weighted by molar-refractivity contribution is -0.272. The molecule has 5 saturated heterocycles. The summed E-state index contributed by atoms with van der Waals surface area (Å²) in [5.41, 5.74) is 0. The van der Waals surface area contributed by atoms with Crippen LogP contribution in [0.1, 0.15) is 0 Å². The highest BCUT2D eigenvalue weighted by atomic mass is 16.7. The molecule has 28 heteroatoms. The fourth-order valence-electron chi connectivity index (χ4n) is 8.39. The van der Waals surface area contributed by atoms with Crippen LogP contribution >= 0.6 is 0 Å². The van der Waals surface area contributed by atoms with E-state index < -0.39 is 85.2 Å². The minimum Gasteiger partial charge on any atom is -0.388 e. The molecule has 28 nitrogen and oxygen atoms in total. The summed E-state index contributed by atoms with van der Waals surface area (Å²) in [5.74, 6) is -1.93. The number of rotatable bonds is 32. The first kappa shape index (κ1) is 55.8. The number of aliphatic hydroxyl groups is 5. The van der Waals surface area contributed by atoms with E-state index in [1.54, 1.807) is 0 Å². The highest BCUT2D eigenvalue weighted by Gasteiger charge is 2.49. The van der Waals surface area contributed by atoms with Crippen LogP contribution in [0, 0.1) is 0 Å². The predicted molar refractivity (Wildman–Crippen MR) is 235 cm³/mol. The topological polar surface area (TPSA) is 357 Å². The van der Waals surface area contributed by atoms with Gasteiger partial charge in [0.1, 0.15) is 74.8 Å². The van der Waals surface area contributed by atoms with Crippen LogP contribution in [0.2, 0.25) is 0 Å². The molecule has 0 saturated carbocycles. The first-order chi connectivity index (χ1) is 33.9. The van der Waals surface area contributed by atoms with Gasteiger partial charge in [0, 0.05) is 76.6 Å². The van der Waals surface area contributed by atoms with Crippen LogP contribution < -0.4 is 31.9 Å². The highest BCUT2D eigenvalue weighted by molar-refractivity contribution is 6.12. The number of nitrogens with one attached hydrogen (secondary N) is 6. The second kappa shape index (κ2) is 29.3. The Hall–Kier alpha value is -3.47. The number of morpholine rings is 2. The van der Waals surface area contributed by atoms with E-state index in [2.05, 4.69) is 36.8 Å². The van der Waals surface area contributed by atoms with Crippen molar-refractivity contribution in [2.75, 3.05) is 145 Å². The van der Waals surface area contributed by atoms with Crippen LogP contribution in [0.3, 0.4) is 0 Å². The molecule has 6 aliphatic rings. The van der Waals surface area contributed by atoms with Gasteiger partial charge in [0.25, 0.3) is 11.8 Å². The van der Waals surface area contributed by atoms with Crippen LogP contribution in [0.25, 0.3) is 0 Å². The monoisotopic (exact) mass is 1010 g/mol. The van der Waals surface area contributed by atoms with Crippen molar-refractivity contribution in [3.05, 3.63) is 12.2 Å². The maximum Gasteiger partial charge on any atom is 0.253 e. The van der Waals surface area contributed by atoms with E-state index in [1.165, 1.54) is 17.1 Å². The molecule has 6 heterocycles. The Balaban J connectivity index is 0.754. The van der Waals surface area contributed by atoms with Gasteiger partial charge in [-0.15, -0.1) is 0 Å². The first-order valence-electron chi connectivity index (χ1n) is 23.6. The summed E-state index contributed by atoms with van der Waals surface area (Å²) in [6.07, 6.45) is -7.52. The normalized spacial score (nSPS) is 31.6. The number of carbonyl (C=O) groups excluding carboxylic acids is 5. The first-order valence-corrected chi connectivity index (χ1v) is 23.6. The molecule has 0 bridgehead atoms. The second-order valence-corrected chi connectivity index (χ2v) is 17.2. The van der Waals surface area contributed by atoms with E-state index in [-0.39, 0.29) is 96.4 Å². The molecule has 0 aliphatic carbocycles. The Morgan fingerprint density at radius 2 is 1.11 bits per heavy atom. The highest BCUT2D eigenvalue weighted by Crippen LogP contribution is 2.25. The summed E-state index contributed by atoms with van der Waals surface area (Å²) in [6.45, 7) is 5.47. The van der Waals surface area contributed by atoms with Crippen LogP contribution in [0.5, 0.6) is 0 Å². The number of imide groups is 1. The average molecular weight is 1010 g/mol. The molecule has 13 atom stereocenters. The summed E-state index contributed by atoms with van der Waals surface area (Å²) in [6, 6.07) is -1.69. The summed E-state index contributed by atoms with van der Waals surface area (Å²) < 4.78 is 55.2. The molecule has 0 spiro atoms. The molecule has 0 aromatic rings. The number of hydrogen-bond acceptors (Lipinski definition) is 24. The lowest BCUT2D eigenvalue weighted by Gasteiger charge is -2.44. The maximum absolute atomic E-state index is 12.2. The third-order valence-corrected chi connectivity index (χ3v) is 12.1. The van der Waals surface area contributed by atoms with Crippen molar-refractivity contribution in [3.63, 3.8) is 0 Å². The van der Waals surface area contributed by atoms with Gasteiger partial charge < -0.3 is 99.5 Å². The van der Waals surface area contributed by atoms with Crippen LogP contribution in [0.15, 0.2) is 12.2 Å². The van der Waals surface area contributed by atoms with Crippen molar-refractivity contribution in [3.8, 4) is 0 Å². The number of amides is 5. The van der Waals surface area contributed by atoms with Crippen molar-refractivity contribution < 1.29 is 96.9 Å². The van der Waals surface area contributed by atoms with Gasteiger partial charge in [-0.05, 0) is 0 Å². The molecular formula is C42H70N8O20. The fraction of sp³-hybridized carbons (Fsp3) is 0.833. The van der Waals surface area contributed by atoms with Gasteiger partial charge in [-0.2, -0.15) is 0 Å². The average Bonchev–Trinajstić information content (AvgIpc) is 3.89. The van der Waals surface area contributed by atoms with Gasteiger partial charge in [-0.3, -0.25) is 39.1 Å². The quantitative estimate of drug-likeness (QED) is 0.0169. The SMILES string of the molecule is O=C(COCCOCCOCCNC1CN(CCN2C(=O)C=CC2=O)CC1NCCOCCOCCOCC(O)NCC1O[C@@H]2OCC(=O)N[C@@H]2C(O)C1O)NCC1O[C@@H]2OCC(=O)NC2C(O)C1O. The van der Waals surface area contributed by atoms with Crippen molar-refractivity contribution in [1.82, 2.24) is 41.7 Å². The van der Waals surface area contributed by atoms with Gasteiger partial charge >= 0.3 is 0 Å². The van der Waals surface area contributed by atoms with E-state index in [0.29, 0.717) is 72.4 Å². The molecule has 6 rings (SSSR count). The van der Waals surface area contributed by atoms with Crippen molar-refractivity contribution in [2.45, 2.75) is 79.6 Å². The summed E-state index contributed by atoms with van der Waals surface area (Å²) in [5, 5.41) is 69.2. The third-order valence-electron chi connectivity index (χ3n) is 12.1. The van der Waals surface area contributed by atoms with Crippen LogP contribution in [0.4, 0.5) is 0 Å². The summed E-state index contributed by atoms with van der Waals surface area (Å²) >= 11 is 0. The van der Waals surface area contributed by atoms with E-state index >= 15 is 0 Å². The zero-order valence-electron chi connectivity index (χ0n) is 39.0. The van der Waals surface area contributed by atoms with Gasteiger partial charge in [-0.1, -0.05) is 0 Å². The fourth-order valence-corrected chi connectivity index (χ4v) is 8.39. The number of likely N-dealkylation sites (tertiary alicyclic amines) is 1. The number of nitrogens with zero attached hydrogens (tertiary/aromatic N) is 2. The molecule has 11 N–H and O–H groups in total. The van der Waals surface area contributed by atoms with E-state index in [1.807, 2.05) is 0 Å². The zero-order valence-corrected chi connectivity index (χ0v) is 39.0. The Labute approximate surface area is 404 Å². The van der Waals surface area contributed by atoms with Gasteiger partial charge in [0.15, 0.2) is 12.6 Å². The van der Waals surface area contributed by atoms with E-state index in [9.17, 15) is 49.5 Å². The van der Waals surface area contributed by atoms with Gasteiger partial charge in [0.2, 0.25) is 17.7 Å². The Morgan fingerprint density at radius 3 is 1.64 bits per heavy atom. The zero-order chi connectivity index (χ0) is 49.8. The predicted octanol–water partition coefficient (Wildman–Crippen LogP) is -8.81. The maximum atomic E-state index is 12.2. The molecule has 70 heavy (non-hydrogen) atoms. The second-order valence-electron chi connectivity index (χ2n) is 17.2. The number of hydrogen-bond donors (Lipinski definition) is 11. The van der Waals surface area contributed by atoms with Gasteiger partial charge in [-0.25, -0.2) is 0 Å². The molecular weight excluding hydrogens is 936 g/mol. The van der Waals surface area contributed by atoms with E-state index in [0.717, 1.165) is 0 Å². The summed E-state index contributed by atoms with van der Waals surface area (Å²) in [7, 11) is 0. The molecule has 5 amide bonds. The molecule has 398 valence electrons. The van der Waals surface area contributed by atoms with Crippen LogP contribution in [-0.4, -0.2) is 289 Å². The number of ether oxygens (including phenoxy) is 10. The Morgan fingerprint density at radius 1 is 0.643 bits per heavy atom. The van der Waals surface area contributed by atoms with Crippen molar-refractivity contribution in [1.29, 1.82) is 0 Å². The minimum absolute atomic E-state index is 0.00468.